The quantitative estimate of drug-likeness (QED) is 0.637. The lowest BCUT2D eigenvalue weighted by Crippen LogP contribution is -2.21. The van der Waals surface area contributed by atoms with E-state index in [4.69, 9.17) is 14.3 Å². The molecular formula is C10H18N2O4. The Kier molecular flexibility index (Phi) is 5.66. The van der Waals surface area contributed by atoms with Gasteiger partial charge in [0.1, 0.15) is 6.61 Å². The molecule has 1 N–H and O–H groups in total. The maximum Gasteiger partial charge on any atom is 0.267 e. The molecule has 0 amide bonds. The van der Waals surface area contributed by atoms with Gasteiger partial charge in [-0.2, -0.15) is 0 Å². The third-order valence-electron chi connectivity index (χ3n) is 1.90. The van der Waals surface area contributed by atoms with Gasteiger partial charge in [-0.3, -0.25) is 4.79 Å². The van der Waals surface area contributed by atoms with Gasteiger partial charge in [0.15, 0.2) is 0 Å². The number of aryl methyl sites for hydroxylation is 1. The number of hydrogen-bond acceptors (Lipinski definition) is 4. The van der Waals surface area contributed by atoms with E-state index in [1.165, 1.54) is 10.9 Å². The SMILES string of the molecule is CCOCCOCCOn1[nH]c(=O)cc1C. The van der Waals surface area contributed by atoms with Crippen LogP contribution in [0.15, 0.2) is 10.9 Å². The van der Waals surface area contributed by atoms with E-state index in [1.807, 2.05) is 6.92 Å². The fourth-order valence-electron chi connectivity index (χ4n) is 1.15. The van der Waals surface area contributed by atoms with Crippen LogP contribution < -0.4 is 10.4 Å². The molecule has 6 nitrogen and oxygen atoms in total. The average Bonchev–Trinajstić information content (AvgIpc) is 2.56. The van der Waals surface area contributed by atoms with Crippen molar-refractivity contribution in [2.75, 3.05) is 33.0 Å². The predicted molar refractivity (Wildman–Crippen MR) is 58.5 cm³/mol. The van der Waals surface area contributed by atoms with Crippen LogP contribution in [0, 0.1) is 6.92 Å². The Morgan fingerprint density at radius 2 is 1.94 bits per heavy atom. The van der Waals surface area contributed by atoms with Crippen molar-refractivity contribution in [3.8, 4) is 0 Å². The smallest absolute Gasteiger partial charge is 0.267 e. The van der Waals surface area contributed by atoms with Crippen molar-refractivity contribution >= 4 is 0 Å². The Labute approximate surface area is 94.0 Å². The van der Waals surface area contributed by atoms with E-state index in [0.29, 0.717) is 33.0 Å². The first-order chi connectivity index (χ1) is 7.74. The molecule has 0 unspecified atom stereocenters. The number of nitrogens with one attached hydrogen (secondary N) is 1. The van der Waals surface area contributed by atoms with Gasteiger partial charge in [-0.25, -0.2) is 5.10 Å². The van der Waals surface area contributed by atoms with Gasteiger partial charge in [-0.05, 0) is 13.8 Å². The first-order valence-electron chi connectivity index (χ1n) is 5.31. The summed E-state index contributed by atoms with van der Waals surface area (Å²) in [6.45, 7) is 6.42. The number of rotatable bonds is 8. The van der Waals surface area contributed by atoms with E-state index >= 15 is 0 Å². The molecule has 0 spiro atoms. The van der Waals surface area contributed by atoms with Gasteiger partial charge < -0.3 is 14.3 Å². The Hall–Kier alpha value is -1.27. The summed E-state index contributed by atoms with van der Waals surface area (Å²) in [4.78, 5) is 17.5. The van der Waals surface area contributed by atoms with E-state index in [2.05, 4.69) is 5.10 Å². The van der Waals surface area contributed by atoms with Crippen LogP contribution in [0.1, 0.15) is 12.6 Å². The van der Waals surface area contributed by atoms with Gasteiger partial charge in [-0.1, -0.05) is 0 Å². The molecule has 6 heteroatoms. The molecule has 0 radical (unpaired) electrons. The maximum absolute atomic E-state index is 10.9. The highest BCUT2D eigenvalue weighted by Crippen LogP contribution is 1.87. The Morgan fingerprint density at radius 3 is 2.56 bits per heavy atom. The summed E-state index contributed by atoms with van der Waals surface area (Å²) in [5.41, 5.74) is 0.564. The second-order valence-corrected chi connectivity index (χ2v) is 3.20. The highest BCUT2D eigenvalue weighted by molar-refractivity contribution is 4.95. The molecule has 0 aromatic carbocycles. The van der Waals surface area contributed by atoms with Crippen molar-refractivity contribution in [1.29, 1.82) is 0 Å². The van der Waals surface area contributed by atoms with Crippen LogP contribution in [0.5, 0.6) is 0 Å². The van der Waals surface area contributed by atoms with Crippen LogP contribution >= 0.6 is 0 Å². The molecule has 0 aliphatic rings. The van der Waals surface area contributed by atoms with Crippen molar-refractivity contribution in [3.63, 3.8) is 0 Å². The first-order valence-corrected chi connectivity index (χ1v) is 5.31. The largest absolute Gasteiger partial charge is 0.396 e. The molecule has 0 saturated carbocycles. The fraction of sp³-hybridized carbons (Fsp3) is 0.700. The normalized spacial score (nSPS) is 10.6. The molecule has 16 heavy (non-hydrogen) atoms. The standard InChI is InChI=1S/C10H18N2O4/c1-3-14-4-5-15-6-7-16-12-9(2)8-10(13)11-12/h8H,3-7H2,1-2H3,(H,11,13). The lowest BCUT2D eigenvalue weighted by Gasteiger charge is -2.08. The molecule has 0 fully saturated rings. The summed E-state index contributed by atoms with van der Waals surface area (Å²) in [6.07, 6.45) is 0. The van der Waals surface area contributed by atoms with Crippen molar-refractivity contribution < 1.29 is 14.3 Å². The maximum atomic E-state index is 10.9. The van der Waals surface area contributed by atoms with E-state index < -0.39 is 0 Å². The molecule has 0 saturated heterocycles. The number of aromatic amines is 1. The first kappa shape index (κ1) is 12.8. The fourth-order valence-corrected chi connectivity index (χ4v) is 1.15. The van der Waals surface area contributed by atoms with Crippen LogP contribution in [0.3, 0.4) is 0 Å². The number of nitrogens with zero attached hydrogens (tertiary/aromatic N) is 1. The minimum atomic E-state index is -0.172. The van der Waals surface area contributed by atoms with Crippen molar-refractivity contribution in [2.45, 2.75) is 13.8 Å². The molecule has 1 aromatic heterocycles. The summed E-state index contributed by atoms with van der Waals surface area (Å²) in [7, 11) is 0. The van der Waals surface area contributed by atoms with E-state index in [-0.39, 0.29) is 5.56 Å². The van der Waals surface area contributed by atoms with Gasteiger partial charge >= 0.3 is 0 Å². The van der Waals surface area contributed by atoms with Crippen LogP contribution in [-0.2, 0) is 9.47 Å². The number of aromatic nitrogens is 2. The Balaban J connectivity index is 2.07. The van der Waals surface area contributed by atoms with Crippen molar-refractivity contribution in [1.82, 2.24) is 9.94 Å². The molecule has 1 aromatic rings. The minimum Gasteiger partial charge on any atom is -0.396 e. The lowest BCUT2D eigenvalue weighted by atomic mass is 10.5. The third-order valence-corrected chi connectivity index (χ3v) is 1.90. The molecule has 0 atom stereocenters. The molecule has 1 heterocycles. The monoisotopic (exact) mass is 230 g/mol. The van der Waals surface area contributed by atoms with Gasteiger partial charge in [-0.15, -0.1) is 4.85 Å². The highest BCUT2D eigenvalue weighted by atomic mass is 16.7. The van der Waals surface area contributed by atoms with Gasteiger partial charge in [0.25, 0.3) is 5.56 Å². The molecule has 0 bridgehead atoms. The third kappa shape index (κ3) is 4.50. The number of H-pyrrole nitrogens is 1. The van der Waals surface area contributed by atoms with E-state index in [0.717, 1.165) is 5.69 Å². The van der Waals surface area contributed by atoms with Gasteiger partial charge in [0, 0.05) is 12.7 Å². The molecule has 92 valence electrons. The van der Waals surface area contributed by atoms with E-state index in [9.17, 15) is 4.79 Å². The number of hydrogen-bond donors (Lipinski definition) is 1. The van der Waals surface area contributed by atoms with Crippen LogP contribution in [-0.4, -0.2) is 43.0 Å². The molecule has 1 rings (SSSR count). The van der Waals surface area contributed by atoms with Crippen molar-refractivity contribution in [2.24, 2.45) is 0 Å². The van der Waals surface area contributed by atoms with Crippen molar-refractivity contribution in [3.05, 3.63) is 22.1 Å². The van der Waals surface area contributed by atoms with Gasteiger partial charge in [0.2, 0.25) is 0 Å². The average molecular weight is 230 g/mol. The Bertz CT molecular complexity index is 345. The predicted octanol–water partition coefficient (Wildman–Crippen LogP) is -0.0335. The molecule has 0 aliphatic carbocycles. The van der Waals surface area contributed by atoms with E-state index in [1.54, 1.807) is 6.92 Å². The number of ether oxygens (including phenoxy) is 2. The zero-order valence-electron chi connectivity index (χ0n) is 9.69. The topological polar surface area (TPSA) is 65.5 Å². The highest BCUT2D eigenvalue weighted by Gasteiger charge is 1.98. The minimum absolute atomic E-state index is 0.172. The zero-order valence-corrected chi connectivity index (χ0v) is 9.69. The second-order valence-electron chi connectivity index (χ2n) is 3.20. The summed E-state index contributed by atoms with van der Waals surface area (Å²) < 4.78 is 10.4. The summed E-state index contributed by atoms with van der Waals surface area (Å²) >= 11 is 0. The molecular weight excluding hydrogens is 212 g/mol. The zero-order chi connectivity index (χ0) is 11.8. The summed E-state index contributed by atoms with van der Waals surface area (Å²) in [5.74, 6) is 0. The Morgan fingerprint density at radius 1 is 1.25 bits per heavy atom. The van der Waals surface area contributed by atoms with Crippen LogP contribution in [0.2, 0.25) is 0 Å². The molecule has 0 aliphatic heterocycles. The second kappa shape index (κ2) is 7.08. The lowest BCUT2D eigenvalue weighted by molar-refractivity contribution is 0.00178. The van der Waals surface area contributed by atoms with Gasteiger partial charge in [0.05, 0.1) is 25.5 Å². The summed E-state index contributed by atoms with van der Waals surface area (Å²) in [5, 5.41) is 2.51. The van der Waals surface area contributed by atoms with Crippen LogP contribution in [0.25, 0.3) is 0 Å². The van der Waals surface area contributed by atoms with Crippen LogP contribution in [0.4, 0.5) is 0 Å². The summed E-state index contributed by atoms with van der Waals surface area (Å²) in [6, 6.07) is 1.47.